The Morgan fingerprint density at radius 1 is 1.32 bits per heavy atom. The molecule has 0 bridgehead atoms. The Morgan fingerprint density at radius 3 is 2.95 bits per heavy atom. The quantitative estimate of drug-likeness (QED) is 0.746. The Kier molecular flexibility index (Phi) is 4.11. The van der Waals surface area contributed by atoms with Crippen molar-refractivity contribution < 1.29 is 9.21 Å². The second-order valence-electron chi connectivity index (χ2n) is 4.96. The van der Waals surface area contributed by atoms with Crippen LogP contribution >= 0.6 is 11.8 Å². The monoisotopic (exact) mass is 313 g/mol. The second kappa shape index (κ2) is 6.19. The number of amides is 1. The predicted octanol–water partition coefficient (Wildman–Crippen LogP) is 3.57. The third-order valence-electron chi connectivity index (χ3n) is 3.13. The third-order valence-corrected chi connectivity index (χ3v) is 3.96. The van der Waals surface area contributed by atoms with Gasteiger partial charge < -0.3 is 9.73 Å². The van der Waals surface area contributed by atoms with Crippen molar-refractivity contribution in [3.05, 3.63) is 47.7 Å². The molecule has 0 fully saturated rings. The predicted molar refractivity (Wildman–Crippen MR) is 87.1 cm³/mol. The number of pyridine rings is 1. The summed E-state index contributed by atoms with van der Waals surface area (Å²) in [5.74, 6) is 0.146. The summed E-state index contributed by atoms with van der Waals surface area (Å²) in [6.45, 7) is 4.00. The zero-order valence-electron chi connectivity index (χ0n) is 12.3. The standard InChI is InChI=1S/C16H15N3O2S/c1-10-5-6-12(11(2)8-10)18-14(20)9-22-16-19-15-13(21-16)4-3-7-17-15/h3-8H,9H2,1-2H3,(H,18,20). The molecule has 2 aromatic heterocycles. The van der Waals surface area contributed by atoms with Crippen molar-refractivity contribution in [1.29, 1.82) is 0 Å². The summed E-state index contributed by atoms with van der Waals surface area (Å²) in [6.07, 6.45) is 1.66. The SMILES string of the molecule is Cc1ccc(NC(=O)CSc2nc3ncccc3o2)c(C)c1. The number of thioether (sulfide) groups is 1. The number of rotatable bonds is 4. The average Bonchev–Trinajstić information content (AvgIpc) is 2.91. The number of benzene rings is 1. The van der Waals surface area contributed by atoms with Crippen LogP contribution in [0.2, 0.25) is 0 Å². The van der Waals surface area contributed by atoms with Gasteiger partial charge in [0.1, 0.15) is 0 Å². The van der Waals surface area contributed by atoms with E-state index < -0.39 is 0 Å². The highest BCUT2D eigenvalue weighted by Crippen LogP contribution is 2.22. The van der Waals surface area contributed by atoms with Crippen LogP contribution in [0, 0.1) is 13.8 Å². The number of aromatic nitrogens is 2. The normalized spacial score (nSPS) is 10.8. The van der Waals surface area contributed by atoms with Gasteiger partial charge in [0.2, 0.25) is 5.91 Å². The number of fused-ring (bicyclic) bond motifs is 1. The molecule has 0 aliphatic carbocycles. The molecule has 5 nitrogen and oxygen atoms in total. The van der Waals surface area contributed by atoms with Gasteiger partial charge in [-0.15, -0.1) is 0 Å². The largest absolute Gasteiger partial charge is 0.430 e. The number of carbonyl (C=O) groups is 1. The van der Waals surface area contributed by atoms with E-state index in [9.17, 15) is 4.79 Å². The topological polar surface area (TPSA) is 68.0 Å². The Hall–Kier alpha value is -2.34. The van der Waals surface area contributed by atoms with Crippen molar-refractivity contribution in [3.63, 3.8) is 0 Å². The Balaban J connectivity index is 1.62. The van der Waals surface area contributed by atoms with Gasteiger partial charge in [-0.2, -0.15) is 4.98 Å². The van der Waals surface area contributed by atoms with E-state index in [0.717, 1.165) is 11.3 Å². The summed E-state index contributed by atoms with van der Waals surface area (Å²) >= 11 is 1.25. The molecule has 1 aromatic carbocycles. The van der Waals surface area contributed by atoms with Crippen molar-refractivity contribution in [2.45, 2.75) is 19.1 Å². The molecule has 6 heteroatoms. The molecule has 0 saturated carbocycles. The minimum absolute atomic E-state index is 0.0906. The van der Waals surface area contributed by atoms with Gasteiger partial charge in [-0.3, -0.25) is 4.79 Å². The second-order valence-corrected chi connectivity index (χ2v) is 5.89. The summed E-state index contributed by atoms with van der Waals surface area (Å²) in [4.78, 5) is 20.3. The van der Waals surface area contributed by atoms with Crippen molar-refractivity contribution >= 4 is 34.6 Å². The van der Waals surface area contributed by atoms with Gasteiger partial charge in [-0.25, -0.2) is 4.98 Å². The van der Waals surface area contributed by atoms with Gasteiger partial charge in [-0.1, -0.05) is 29.5 Å². The minimum atomic E-state index is -0.0906. The molecule has 3 rings (SSSR count). The fourth-order valence-corrected chi connectivity index (χ4v) is 2.70. The summed E-state index contributed by atoms with van der Waals surface area (Å²) in [5, 5.41) is 3.35. The molecule has 2 heterocycles. The van der Waals surface area contributed by atoms with Crippen molar-refractivity contribution in [1.82, 2.24) is 9.97 Å². The molecule has 1 N–H and O–H groups in total. The number of hydrogen-bond donors (Lipinski definition) is 1. The van der Waals surface area contributed by atoms with Gasteiger partial charge in [0.05, 0.1) is 5.75 Å². The fourth-order valence-electron chi connectivity index (χ4n) is 2.08. The van der Waals surface area contributed by atoms with Crippen LogP contribution in [-0.2, 0) is 4.79 Å². The molecule has 1 amide bonds. The molecule has 0 aliphatic rings. The molecule has 22 heavy (non-hydrogen) atoms. The first-order valence-corrected chi connectivity index (χ1v) is 7.82. The number of nitrogens with zero attached hydrogens (tertiary/aromatic N) is 2. The summed E-state index contributed by atoms with van der Waals surface area (Å²) in [7, 11) is 0. The smallest absolute Gasteiger partial charge is 0.258 e. The fraction of sp³-hybridized carbons (Fsp3) is 0.188. The zero-order valence-corrected chi connectivity index (χ0v) is 13.1. The lowest BCUT2D eigenvalue weighted by Gasteiger charge is -2.08. The highest BCUT2D eigenvalue weighted by molar-refractivity contribution is 7.99. The van der Waals surface area contributed by atoms with Crippen LogP contribution in [0.5, 0.6) is 0 Å². The van der Waals surface area contributed by atoms with Crippen molar-refractivity contribution in [2.24, 2.45) is 0 Å². The molecule has 0 aliphatic heterocycles. The van der Waals surface area contributed by atoms with Crippen molar-refractivity contribution in [2.75, 3.05) is 11.1 Å². The molecule has 0 unspecified atom stereocenters. The summed E-state index contributed by atoms with van der Waals surface area (Å²) in [5.41, 5.74) is 4.23. The van der Waals surface area contributed by atoms with Crippen LogP contribution in [0.15, 0.2) is 46.2 Å². The number of carbonyl (C=O) groups excluding carboxylic acids is 1. The Labute approximate surface area is 132 Å². The van der Waals surface area contributed by atoms with Gasteiger partial charge in [-0.05, 0) is 37.6 Å². The van der Waals surface area contributed by atoms with E-state index in [0.29, 0.717) is 16.5 Å². The molecule has 112 valence electrons. The van der Waals surface area contributed by atoms with Crippen LogP contribution in [0.4, 0.5) is 5.69 Å². The summed E-state index contributed by atoms with van der Waals surface area (Å²) in [6, 6.07) is 9.51. The zero-order chi connectivity index (χ0) is 15.5. The van der Waals surface area contributed by atoms with E-state index in [2.05, 4.69) is 15.3 Å². The van der Waals surface area contributed by atoms with Crippen LogP contribution < -0.4 is 5.32 Å². The molecule has 0 saturated heterocycles. The first-order valence-electron chi connectivity index (χ1n) is 6.83. The molecule has 0 atom stereocenters. The molecular formula is C16H15N3O2S. The van der Waals surface area contributed by atoms with E-state index in [1.54, 1.807) is 18.3 Å². The maximum absolute atomic E-state index is 12.0. The summed E-state index contributed by atoms with van der Waals surface area (Å²) < 4.78 is 5.52. The van der Waals surface area contributed by atoms with Crippen LogP contribution in [0.1, 0.15) is 11.1 Å². The lowest BCUT2D eigenvalue weighted by molar-refractivity contribution is -0.113. The number of hydrogen-bond acceptors (Lipinski definition) is 5. The molecule has 0 spiro atoms. The Bertz CT molecular complexity index is 796. The van der Waals surface area contributed by atoms with E-state index in [1.807, 2.05) is 32.0 Å². The highest BCUT2D eigenvalue weighted by atomic mass is 32.2. The third kappa shape index (κ3) is 3.28. The van der Waals surface area contributed by atoms with E-state index in [4.69, 9.17) is 4.42 Å². The van der Waals surface area contributed by atoms with Crippen molar-refractivity contribution in [3.8, 4) is 0 Å². The van der Waals surface area contributed by atoms with Gasteiger partial charge >= 0.3 is 0 Å². The highest BCUT2D eigenvalue weighted by Gasteiger charge is 2.10. The Morgan fingerprint density at radius 2 is 2.18 bits per heavy atom. The van der Waals surface area contributed by atoms with Gasteiger partial charge in [0, 0.05) is 11.9 Å². The number of oxazole rings is 1. The van der Waals surface area contributed by atoms with Gasteiger partial charge in [0.25, 0.3) is 5.22 Å². The number of nitrogens with one attached hydrogen (secondary N) is 1. The number of aryl methyl sites for hydroxylation is 2. The average molecular weight is 313 g/mol. The minimum Gasteiger partial charge on any atom is -0.430 e. The lowest BCUT2D eigenvalue weighted by Crippen LogP contribution is -2.14. The van der Waals surface area contributed by atoms with E-state index >= 15 is 0 Å². The number of anilines is 1. The lowest BCUT2D eigenvalue weighted by atomic mass is 10.1. The van der Waals surface area contributed by atoms with Crippen LogP contribution in [-0.4, -0.2) is 21.6 Å². The molecule has 0 radical (unpaired) electrons. The molecule has 3 aromatic rings. The first kappa shape index (κ1) is 14.6. The van der Waals surface area contributed by atoms with E-state index in [-0.39, 0.29) is 11.7 Å². The maximum Gasteiger partial charge on any atom is 0.258 e. The van der Waals surface area contributed by atoms with Crippen LogP contribution in [0.25, 0.3) is 11.2 Å². The van der Waals surface area contributed by atoms with E-state index in [1.165, 1.54) is 17.3 Å². The maximum atomic E-state index is 12.0. The molecular weight excluding hydrogens is 298 g/mol. The first-order chi connectivity index (χ1) is 10.6. The van der Waals surface area contributed by atoms with Gasteiger partial charge in [0.15, 0.2) is 11.2 Å². The van der Waals surface area contributed by atoms with Crippen LogP contribution in [0.3, 0.4) is 0 Å².